The molecule has 1 heterocycles. The number of phenols is 1. The highest BCUT2D eigenvalue weighted by molar-refractivity contribution is 8.13. The topological polar surface area (TPSA) is 302 Å². The minimum Gasteiger partial charge on any atom is -0.507 e. The lowest BCUT2D eigenvalue weighted by Crippen LogP contribution is -2.45. The molecule has 23 nitrogen and oxygen atoms in total. The van der Waals surface area contributed by atoms with Crippen LogP contribution in [0, 0.1) is 54.6 Å². The summed E-state index contributed by atoms with van der Waals surface area (Å²) in [5.41, 5.74) is 7.20. The van der Waals surface area contributed by atoms with Gasteiger partial charge in [0.2, 0.25) is 5.96 Å². The lowest BCUT2D eigenvalue weighted by molar-refractivity contribution is 0.0558. The van der Waals surface area contributed by atoms with Crippen molar-refractivity contribution >= 4 is 115 Å². The molecule has 620 valence electrons. The van der Waals surface area contributed by atoms with Crippen molar-refractivity contribution in [1.29, 1.82) is 0 Å². The van der Waals surface area contributed by atoms with Crippen LogP contribution in [-0.2, 0) is 27.4 Å². The van der Waals surface area contributed by atoms with Gasteiger partial charge in [-0.1, -0.05) is 163 Å². The minimum absolute atomic E-state index is 0. The third kappa shape index (κ3) is 33.1. The first-order chi connectivity index (χ1) is 54.1. The molecule has 34 heteroatoms. The van der Waals surface area contributed by atoms with E-state index in [1.807, 2.05) is 60.7 Å². The second-order valence-corrected chi connectivity index (χ2v) is 26.8. The molecule has 8 aromatic rings. The molecule has 9 N–H and O–H groups in total. The molecule has 0 spiro atoms. The Morgan fingerprint density at radius 3 is 1.26 bits per heavy atom. The smallest absolute Gasteiger partial charge is 0.450 e. The third-order valence-corrected chi connectivity index (χ3v) is 14.6. The van der Waals surface area contributed by atoms with Gasteiger partial charge in [0.1, 0.15) is 41.7 Å². The SMILES string of the molecule is C.C.C.C1CCOC1.CN.ClB(Cl)Cl.[2H]CC.[C-]#[N+]c1ccc(O)c(C(=O)NC(N)=NC)c1-c1cccc(F)c1F.[C-]#[N+]c1ccc(OCc2ccccc2)c(C(=O)NC(=NC(=O)OC(C)(C)C)SC)c1-c1cccc(F)c1F.[C-]#[N+]c1ccc(OCc2ccccc2)c(C(=O)NC(=NC)NC(=O)OC(C)(C)C)c1-c1cccc(F)c1F. The van der Waals surface area contributed by atoms with Gasteiger partial charge in [-0.2, -0.15) is 39.4 Å². The Labute approximate surface area is 694 Å². The predicted molar refractivity (Wildman–Crippen MR) is 452 cm³/mol. The van der Waals surface area contributed by atoms with Crippen molar-refractivity contribution in [3.8, 4) is 50.6 Å². The fourth-order valence-corrected chi connectivity index (χ4v) is 9.78. The number of hydrogen-bond acceptors (Lipinski definition) is 15. The molecule has 1 aliphatic rings. The molecule has 9 rings (SSSR count). The van der Waals surface area contributed by atoms with E-state index >= 15 is 0 Å². The number of thioether (sulfide) groups is 1. The monoisotopic (exact) mass is 1690 g/mol. The summed E-state index contributed by atoms with van der Waals surface area (Å²) < 4.78 is 119. The van der Waals surface area contributed by atoms with Crippen LogP contribution >= 0.6 is 46.1 Å². The van der Waals surface area contributed by atoms with Crippen LogP contribution in [0.4, 0.5) is 53.0 Å². The summed E-state index contributed by atoms with van der Waals surface area (Å²) in [5.74, 6) is -10.7. The summed E-state index contributed by atoms with van der Waals surface area (Å²) in [7, 11) is 4.15. The predicted octanol–water partition coefficient (Wildman–Crippen LogP) is 20.7. The molecular formula is C82H94BCl3F6N12O11S. The van der Waals surface area contributed by atoms with Gasteiger partial charge in [-0.25, -0.2) is 50.5 Å². The van der Waals surface area contributed by atoms with Crippen molar-refractivity contribution in [3.05, 3.63) is 249 Å². The molecule has 5 amide bonds. The van der Waals surface area contributed by atoms with Gasteiger partial charge in [-0.05, 0) is 115 Å². The molecule has 0 unspecified atom stereocenters. The first kappa shape index (κ1) is 102. The summed E-state index contributed by atoms with van der Waals surface area (Å²) in [4.78, 5) is 84.5. The number of phenolic OH excluding ortho intramolecular Hbond substituents is 1. The molecule has 1 saturated heterocycles. The molecule has 116 heavy (non-hydrogen) atoms. The van der Waals surface area contributed by atoms with Crippen molar-refractivity contribution in [1.82, 2.24) is 21.3 Å². The van der Waals surface area contributed by atoms with Crippen LogP contribution in [0.1, 0.15) is 134 Å². The number of hydrogen-bond donors (Lipinski definition) is 7. The van der Waals surface area contributed by atoms with Crippen LogP contribution in [0.2, 0.25) is 0 Å². The number of guanidine groups is 2. The van der Waals surface area contributed by atoms with Gasteiger partial charge in [0.05, 0.1) is 36.4 Å². The number of amidine groups is 1. The van der Waals surface area contributed by atoms with E-state index in [4.69, 9.17) is 84.9 Å². The maximum absolute atomic E-state index is 14.9. The average molecular weight is 1690 g/mol. The van der Waals surface area contributed by atoms with Crippen LogP contribution in [0.15, 0.2) is 167 Å². The first-order valence-corrected chi connectivity index (χ1v) is 36.0. The van der Waals surface area contributed by atoms with Crippen molar-refractivity contribution in [2.24, 2.45) is 26.4 Å². The molecule has 0 aromatic heterocycles. The summed E-state index contributed by atoms with van der Waals surface area (Å²) in [6.07, 6.45) is 2.35. The Morgan fingerprint density at radius 2 is 0.922 bits per heavy atom. The summed E-state index contributed by atoms with van der Waals surface area (Å²) >= 11 is 15.4. The van der Waals surface area contributed by atoms with E-state index in [1.54, 1.807) is 54.7 Å². The highest BCUT2D eigenvalue weighted by Gasteiger charge is 2.31. The standard InChI is InChI=1S/C28H26F2N4O4.C28H25F2N3O4S.C16H12F2N4O2.C4H8O.C2H6.CH5N.3CH4.BCl3/c1-28(2,3)38-27(36)34-26(32-5)33-25(35)23-21(37-16-17-10-7-6-8-11-17)15-14-20(31-4)22(23)18-12-9-13-19(29)24(18)30;1-28(2,3)37-27(35)33-26(38-5)32-25(34)23-21(36-16-17-10-7-6-8-11-17)15-14-20(31-4)22(23)18-12-9-13-19(29)24(18)30;1-20-10-6-7-11(23)13(15(24)22-16(19)21-2)12(10)8-4-3-5-9(17)14(8)18;1-2-4-5-3-1;2*1-2;;;;2-1(3)4/h6-15H,16H2,1-3,5H3,(H2,32,33,34,35,36);6-15H,16H2,1-3,5H3,(H,32,33,34,35);3-7,23H,2H3,(H3,19,21,22,24);1-4H2;1-2H3;2H2,1H3;3*1H4;/i;;;;1D;;;;;. The zero-order valence-electron chi connectivity index (χ0n) is 64.1. The number of carbonyl (C=O) groups is 5. The number of nitrogens with one attached hydrogen (secondary N) is 4. The molecule has 1 fully saturated rings. The van der Waals surface area contributed by atoms with E-state index in [9.17, 15) is 55.4 Å². The quantitative estimate of drug-likeness (QED) is 0.0197. The second kappa shape index (κ2) is 52.7. The summed E-state index contributed by atoms with van der Waals surface area (Å²) in [6, 6.07) is 36.3. The number of ether oxygens (including phenoxy) is 5. The number of nitrogens with zero attached hydrogens (tertiary/aromatic N) is 6. The van der Waals surface area contributed by atoms with Gasteiger partial charge in [0, 0.05) is 62.1 Å². The van der Waals surface area contributed by atoms with Crippen molar-refractivity contribution in [2.45, 2.75) is 115 Å². The maximum Gasteiger partial charge on any atom is 0.450 e. The summed E-state index contributed by atoms with van der Waals surface area (Å²) in [5, 5.41) is 19.4. The molecule has 0 bridgehead atoms. The van der Waals surface area contributed by atoms with Crippen molar-refractivity contribution in [3.63, 3.8) is 0 Å². The normalized spacial score (nSPS) is 11.2. The van der Waals surface area contributed by atoms with Crippen LogP contribution < -0.4 is 42.2 Å². The molecule has 0 aliphatic carbocycles. The molecule has 0 atom stereocenters. The average Bonchev–Trinajstić information content (AvgIpc) is 0.904. The fourth-order valence-electron chi connectivity index (χ4n) is 9.42. The van der Waals surface area contributed by atoms with E-state index in [2.05, 4.69) is 56.5 Å². The number of nitrogens with two attached hydrogens (primary N) is 2. The number of carbonyl (C=O) groups excluding carboxylic acids is 5. The minimum atomic E-state index is -1.24. The largest absolute Gasteiger partial charge is 0.507 e. The number of alkyl carbamates (subject to hydrolysis) is 1. The third-order valence-electron chi connectivity index (χ3n) is 14.0. The fraction of sp³-hybridized carbons (Fsp3) is 0.280. The maximum atomic E-state index is 14.9. The summed E-state index contributed by atoms with van der Waals surface area (Å²) in [6.45, 7) is 36.8. The molecule has 1 aliphatic heterocycles. The molecule has 8 aromatic carbocycles. The first-order valence-electron chi connectivity index (χ1n) is 34.2. The van der Waals surface area contributed by atoms with Gasteiger partial charge in [-0.15, -0.1) is 0 Å². The lowest BCUT2D eigenvalue weighted by Gasteiger charge is -2.21. The van der Waals surface area contributed by atoms with Crippen molar-refractivity contribution in [2.75, 3.05) is 40.6 Å². The number of aliphatic imine (C=N–C) groups is 3. The number of halogens is 9. The van der Waals surface area contributed by atoms with Gasteiger partial charge >= 0.3 is 17.1 Å². The van der Waals surface area contributed by atoms with E-state index in [1.165, 1.54) is 101 Å². The van der Waals surface area contributed by atoms with Gasteiger partial charge < -0.3 is 45.6 Å². The number of benzene rings is 8. The van der Waals surface area contributed by atoms with Crippen LogP contribution in [0.3, 0.4) is 0 Å². The van der Waals surface area contributed by atoms with Crippen LogP contribution in [0.5, 0.6) is 17.2 Å². The van der Waals surface area contributed by atoms with Crippen LogP contribution in [-0.4, -0.2) is 109 Å². The van der Waals surface area contributed by atoms with E-state index in [0.29, 0.717) is 6.90 Å². The van der Waals surface area contributed by atoms with E-state index in [-0.39, 0.29) is 126 Å². The zero-order valence-corrected chi connectivity index (χ0v) is 66.2. The Morgan fingerprint density at radius 1 is 0.560 bits per heavy atom. The van der Waals surface area contributed by atoms with Crippen LogP contribution in [0.25, 0.3) is 47.9 Å². The highest BCUT2D eigenvalue weighted by atomic mass is 35.6. The highest BCUT2D eigenvalue weighted by Crippen LogP contribution is 2.44. The molecule has 0 saturated carbocycles. The second-order valence-electron chi connectivity index (χ2n) is 24.0. The Kier molecular flexibility index (Phi) is 46.5. The van der Waals surface area contributed by atoms with E-state index in [0.717, 1.165) is 60.4 Å². The number of aromatic hydroxyl groups is 1. The Bertz CT molecular complexity index is 4830. The molecular weight excluding hydrogens is 1590 g/mol. The number of rotatable bonds is 12. The Balaban J connectivity index is 0.00000160. The van der Waals surface area contributed by atoms with Gasteiger partial charge in [0.25, 0.3) is 17.7 Å². The van der Waals surface area contributed by atoms with Crippen molar-refractivity contribution < 1.29 is 80.5 Å². The lowest BCUT2D eigenvalue weighted by atomic mass is 9.95. The molecule has 0 radical (unpaired) electrons. The zero-order chi connectivity index (χ0) is 85.4. The Hall–Kier alpha value is -11.6. The van der Waals surface area contributed by atoms with Gasteiger partial charge in [0.15, 0.2) is 63.1 Å². The van der Waals surface area contributed by atoms with Gasteiger partial charge in [-0.3, -0.25) is 40.3 Å². The van der Waals surface area contributed by atoms with E-state index < -0.39 is 92.3 Å². The number of amides is 5.